The van der Waals surface area contributed by atoms with E-state index in [1.54, 1.807) is 14.0 Å². The largest absolute Gasteiger partial charge is 0.493 e. The van der Waals surface area contributed by atoms with Crippen LogP contribution in [0.25, 0.3) is 0 Å². The van der Waals surface area contributed by atoms with Crippen LogP contribution >= 0.6 is 0 Å². The Morgan fingerprint density at radius 3 is 2.77 bits per heavy atom. The number of benzene rings is 1. The van der Waals surface area contributed by atoms with E-state index in [4.69, 9.17) is 14.3 Å². The molecular formula is C18H21N3O5. The van der Waals surface area contributed by atoms with Crippen molar-refractivity contribution in [2.45, 2.75) is 50.7 Å². The minimum Gasteiger partial charge on any atom is -0.493 e. The Hall–Kier alpha value is -2.77. The first-order valence-electron chi connectivity index (χ1n) is 8.74. The van der Waals surface area contributed by atoms with Crippen molar-refractivity contribution >= 4 is 5.71 Å². The van der Waals surface area contributed by atoms with Crippen LogP contribution in [-0.4, -0.2) is 29.1 Å². The third-order valence-corrected chi connectivity index (χ3v) is 4.90. The standard InChI is InChI=1S/C18H21N3O5/c1-18(16-19-17(22)25-21-16)10-13(20-26-18)11-7-8-14(23-2)15(9-11)24-12-5-3-4-6-12/h7-9,12H,3-6,10H2,1-2H3,(H,19,21,22). The lowest BCUT2D eigenvalue weighted by Gasteiger charge is -2.18. The van der Waals surface area contributed by atoms with Gasteiger partial charge < -0.3 is 14.3 Å². The molecule has 1 saturated carbocycles. The van der Waals surface area contributed by atoms with Crippen molar-refractivity contribution in [1.29, 1.82) is 0 Å². The number of oxime groups is 1. The van der Waals surface area contributed by atoms with E-state index in [1.165, 1.54) is 12.8 Å². The summed E-state index contributed by atoms with van der Waals surface area (Å²) < 4.78 is 16.1. The summed E-state index contributed by atoms with van der Waals surface area (Å²) in [5.41, 5.74) is 0.761. The average Bonchev–Trinajstić information content (AvgIpc) is 3.37. The molecule has 0 spiro atoms. The second kappa shape index (κ2) is 6.51. The Labute approximate surface area is 150 Å². The van der Waals surface area contributed by atoms with Gasteiger partial charge in [-0.3, -0.25) is 9.51 Å². The Morgan fingerprint density at radius 2 is 2.08 bits per heavy atom. The lowest BCUT2D eigenvalue weighted by molar-refractivity contribution is -0.0159. The summed E-state index contributed by atoms with van der Waals surface area (Å²) in [6.45, 7) is 1.80. The molecule has 1 unspecified atom stereocenters. The highest BCUT2D eigenvalue weighted by atomic mass is 16.7. The smallest absolute Gasteiger partial charge is 0.439 e. The third kappa shape index (κ3) is 3.07. The zero-order valence-corrected chi connectivity index (χ0v) is 14.8. The third-order valence-electron chi connectivity index (χ3n) is 4.90. The molecule has 0 radical (unpaired) electrons. The maximum atomic E-state index is 11.2. The predicted octanol–water partition coefficient (Wildman–Crippen LogP) is 2.73. The first-order valence-corrected chi connectivity index (χ1v) is 8.74. The van der Waals surface area contributed by atoms with E-state index in [9.17, 15) is 4.79 Å². The molecule has 26 heavy (non-hydrogen) atoms. The molecule has 0 amide bonds. The fourth-order valence-corrected chi connectivity index (χ4v) is 3.41. The highest BCUT2D eigenvalue weighted by Crippen LogP contribution is 2.37. The molecule has 2 aromatic rings. The van der Waals surface area contributed by atoms with Crippen molar-refractivity contribution in [3.63, 3.8) is 0 Å². The summed E-state index contributed by atoms with van der Waals surface area (Å²) in [5.74, 6) is 1.11. The number of aromatic amines is 1. The van der Waals surface area contributed by atoms with E-state index < -0.39 is 11.4 Å². The van der Waals surface area contributed by atoms with Crippen molar-refractivity contribution in [3.8, 4) is 11.5 Å². The highest BCUT2D eigenvalue weighted by molar-refractivity contribution is 6.02. The Kier molecular flexibility index (Phi) is 4.18. The van der Waals surface area contributed by atoms with Crippen LogP contribution in [0.2, 0.25) is 0 Å². The number of ether oxygens (including phenoxy) is 2. The van der Waals surface area contributed by atoms with Crippen LogP contribution in [0.15, 0.2) is 32.7 Å². The molecule has 4 rings (SSSR count). The Morgan fingerprint density at radius 1 is 1.27 bits per heavy atom. The Balaban J connectivity index is 1.57. The minimum absolute atomic E-state index is 0.228. The van der Waals surface area contributed by atoms with Crippen molar-refractivity contribution < 1.29 is 18.8 Å². The molecule has 1 aliphatic carbocycles. The number of H-pyrrole nitrogens is 1. The summed E-state index contributed by atoms with van der Waals surface area (Å²) in [7, 11) is 1.63. The maximum Gasteiger partial charge on any atom is 0.439 e. The average molecular weight is 359 g/mol. The molecule has 8 nitrogen and oxygen atoms in total. The van der Waals surface area contributed by atoms with E-state index in [0.29, 0.717) is 23.7 Å². The minimum atomic E-state index is -0.867. The second-order valence-electron chi connectivity index (χ2n) is 6.87. The molecule has 1 aromatic carbocycles. The molecule has 1 atom stereocenters. The van der Waals surface area contributed by atoms with Gasteiger partial charge in [-0.05, 0) is 50.8 Å². The van der Waals surface area contributed by atoms with Gasteiger partial charge in [0.05, 0.1) is 18.9 Å². The monoisotopic (exact) mass is 359 g/mol. The van der Waals surface area contributed by atoms with Crippen LogP contribution in [0.3, 0.4) is 0 Å². The lowest BCUT2D eigenvalue weighted by Crippen LogP contribution is -2.24. The maximum absolute atomic E-state index is 11.2. The van der Waals surface area contributed by atoms with Gasteiger partial charge in [-0.15, -0.1) is 0 Å². The summed E-state index contributed by atoms with van der Waals surface area (Å²) in [5, 5.41) is 7.91. The number of nitrogens with one attached hydrogen (secondary N) is 1. The predicted molar refractivity (Wildman–Crippen MR) is 92.6 cm³/mol. The molecule has 1 aromatic heterocycles. The van der Waals surface area contributed by atoms with Crippen LogP contribution in [0.5, 0.6) is 11.5 Å². The van der Waals surface area contributed by atoms with Gasteiger partial charge in [0.15, 0.2) is 17.3 Å². The lowest BCUT2D eigenvalue weighted by atomic mass is 9.95. The van der Waals surface area contributed by atoms with Crippen LogP contribution in [0, 0.1) is 0 Å². The molecule has 8 heteroatoms. The van der Waals surface area contributed by atoms with Gasteiger partial charge in [-0.1, -0.05) is 10.3 Å². The van der Waals surface area contributed by atoms with Crippen LogP contribution in [-0.2, 0) is 10.4 Å². The Bertz CT molecular complexity index is 881. The molecule has 1 aliphatic heterocycles. The zero-order valence-electron chi connectivity index (χ0n) is 14.8. The first kappa shape index (κ1) is 16.7. The van der Waals surface area contributed by atoms with Crippen LogP contribution in [0.1, 0.15) is 50.4 Å². The fraction of sp³-hybridized carbons (Fsp3) is 0.500. The summed E-state index contributed by atoms with van der Waals surface area (Å²) in [6.07, 6.45) is 5.20. The van der Waals surface area contributed by atoms with Crippen LogP contribution < -0.4 is 15.2 Å². The van der Waals surface area contributed by atoms with Gasteiger partial charge >= 0.3 is 5.76 Å². The first-order chi connectivity index (χ1) is 12.6. The zero-order chi connectivity index (χ0) is 18.1. The van der Waals surface area contributed by atoms with Crippen LogP contribution in [0.4, 0.5) is 0 Å². The summed E-state index contributed by atoms with van der Waals surface area (Å²) in [6, 6.07) is 5.71. The van der Waals surface area contributed by atoms with Gasteiger partial charge in [0, 0.05) is 12.0 Å². The normalized spacial score (nSPS) is 22.9. The van der Waals surface area contributed by atoms with E-state index in [-0.39, 0.29) is 6.10 Å². The van der Waals surface area contributed by atoms with Gasteiger partial charge in [-0.2, -0.15) is 0 Å². The van der Waals surface area contributed by atoms with Crippen molar-refractivity contribution in [2.24, 2.45) is 5.16 Å². The SMILES string of the molecule is COc1ccc(C2=NOC(C)(c3noc(=O)[nH]3)C2)cc1OC1CCCC1. The van der Waals surface area contributed by atoms with E-state index in [0.717, 1.165) is 24.1 Å². The van der Waals surface area contributed by atoms with E-state index in [2.05, 4.69) is 19.8 Å². The fourth-order valence-electron chi connectivity index (χ4n) is 3.41. The molecule has 138 valence electrons. The van der Waals surface area contributed by atoms with E-state index >= 15 is 0 Å². The van der Waals surface area contributed by atoms with Gasteiger partial charge in [0.1, 0.15) is 0 Å². The number of methoxy groups -OCH3 is 1. The van der Waals surface area contributed by atoms with E-state index in [1.807, 2.05) is 18.2 Å². The summed E-state index contributed by atoms with van der Waals surface area (Å²) >= 11 is 0. The van der Waals surface area contributed by atoms with Crippen molar-refractivity contribution in [2.75, 3.05) is 7.11 Å². The molecule has 2 heterocycles. The molecular weight excluding hydrogens is 338 g/mol. The molecule has 0 bridgehead atoms. The molecule has 0 saturated heterocycles. The van der Waals surface area contributed by atoms with Crippen molar-refractivity contribution in [3.05, 3.63) is 40.1 Å². The number of aromatic nitrogens is 2. The van der Waals surface area contributed by atoms with Gasteiger partial charge in [-0.25, -0.2) is 4.79 Å². The second-order valence-corrected chi connectivity index (χ2v) is 6.87. The summed E-state index contributed by atoms with van der Waals surface area (Å²) in [4.78, 5) is 19.3. The number of hydrogen-bond donors (Lipinski definition) is 1. The number of hydrogen-bond acceptors (Lipinski definition) is 7. The number of nitrogens with zero attached hydrogens (tertiary/aromatic N) is 2. The molecule has 2 aliphatic rings. The number of rotatable bonds is 5. The quantitative estimate of drug-likeness (QED) is 0.881. The van der Waals surface area contributed by atoms with Gasteiger partial charge in [0.25, 0.3) is 0 Å². The topological polar surface area (TPSA) is 98.9 Å². The highest BCUT2D eigenvalue weighted by Gasteiger charge is 2.40. The molecule has 1 fully saturated rings. The molecule has 1 N–H and O–H groups in total. The van der Waals surface area contributed by atoms with Crippen molar-refractivity contribution in [1.82, 2.24) is 10.1 Å². The van der Waals surface area contributed by atoms with Gasteiger partial charge in [0.2, 0.25) is 5.60 Å².